The molecule has 116 valence electrons. The Bertz CT molecular complexity index is 624. The molecule has 0 fully saturated rings. The Morgan fingerprint density at radius 2 is 1.90 bits per heavy atom. The summed E-state index contributed by atoms with van der Waals surface area (Å²) in [6.45, 7) is 5.40. The highest BCUT2D eigenvalue weighted by Gasteiger charge is 2.16. The molecule has 7 heteroatoms. The fourth-order valence-corrected chi connectivity index (χ4v) is 2.53. The van der Waals surface area contributed by atoms with Crippen LogP contribution in [0.5, 0.6) is 0 Å². The normalized spacial score (nSPS) is 11.4. The molecule has 1 aromatic carbocycles. The summed E-state index contributed by atoms with van der Waals surface area (Å²) in [4.78, 5) is 22.7. The predicted molar refractivity (Wildman–Crippen MR) is 79.5 cm³/mol. The molecule has 1 aromatic rings. The summed E-state index contributed by atoms with van der Waals surface area (Å²) in [5.74, 6) is -0.325. The Morgan fingerprint density at radius 3 is 2.48 bits per heavy atom. The Balaban J connectivity index is 2.71. The van der Waals surface area contributed by atoms with Crippen LogP contribution in [-0.4, -0.2) is 33.2 Å². The third-order valence-electron chi connectivity index (χ3n) is 2.68. The molecule has 0 bridgehead atoms. The number of amides is 1. The molecule has 0 aliphatic rings. The van der Waals surface area contributed by atoms with Crippen LogP contribution >= 0.6 is 0 Å². The van der Waals surface area contributed by atoms with E-state index in [-0.39, 0.29) is 23.1 Å². The second-order valence-electron chi connectivity index (χ2n) is 5.11. The quantitative estimate of drug-likeness (QED) is 0.733. The number of benzene rings is 1. The second-order valence-corrected chi connectivity index (χ2v) is 6.87. The zero-order valence-electron chi connectivity index (χ0n) is 12.3. The van der Waals surface area contributed by atoms with Gasteiger partial charge in [0.25, 0.3) is 0 Å². The number of carbonyl (C=O) groups is 2. The highest BCUT2D eigenvalue weighted by molar-refractivity contribution is 7.89. The van der Waals surface area contributed by atoms with Crippen LogP contribution in [0.3, 0.4) is 0 Å². The molecule has 21 heavy (non-hydrogen) atoms. The van der Waals surface area contributed by atoms with Gasteiger partial charge in [0.1, 0.15) is 0 Å². The van der Waals surface area contributed by atoms with E-state index in [0.29, 0.717) is 12.1 Å². The second kappa shape index (κ2) is 7.33. The Hall–Kier alpha value is -1.73. The van der Waals surface area contributed by atoms with Gasteiger partial charge in [-0.25, -0.2) is 13.1 Å². The fraction of sp³-hybridized carbons (Fsp3) is 0.429. The van der Waals surface area contributed by atoms with E-state index in [9.17, 15) is 18.0 Å². The lowest BCUT2D eigenvalue weighted by Crippen LogP contribution is -2.38. The fourth-order valence-electron chi connectivity index (χ4n) is 1.51. The predicted octanol–water partition coefficient (Wildman–Crippen LogP) is 0.940. The van der Waals surface area contributed by atoms with E-state index in [1.807, 2.05) is 13.8 Å². The van der Waals surface area contributed by atoms with Gasteiger partial charge in [-0.15, -0.1) is 0 Å². The number of nitrogens with one attached hydrogen (secondary N) is 2. The van der Waals surface area contributed by atoms with Crippen molar-refractivity contribution in [1.29, 1.82) is 0 Å². The van der Waals surface area contributed by atoms with Crippen molar-refractivity contribution >= 4 is 21.7 Å². The largest absolute Gasteiger partial charge is 0.355 e. The molecule has 0 spiro atoms. The maximum atomic E-state index is 12.0. The summed E-state index contributed by atoms with van der Waals surface area (Å²) in [5, 5.41) is 2.62. The molecular formula is C14H20N2O4S. The lowest BCUT2D eigenvalue weighted by molar-refractivity contribution is -0.120. The van der Waals surface area contributed by atoms with Gasteiger partial charge in [-0.1, -0.05) is 26.0 Å². The zero-order chi connectivity index (χ0) is 16.0. The summed E-state index contributed by atoms with van der Waals surface area (Å²) in [7, 11) is -3.81. The van der Waals surface area contributed by atoms with Crippen molar-refractivity contribution in [2.45, 2.75) is 25.7 Å². The van der Waals surface area contributed by atoms with E-state index in [0.717, 1.165) is 0 Å². The van der Waals surface area contributed by atoms with Crippen LogP contribution < -0.4 is 10.0 Å². The summed E-state index contributed by atoms with van der Waals surface area (Å²) in [6, 6.07) is 5.69. The molecule has 0 aromatic heterocycles. The van der Waals surface area contributed by atoms with Crippen molar-refractivity contribution in [2.24, 2.45) is 5.92 Å². The van der Waals surface area contributed by atoms with Gasteiger partial charge in [-0.05, 0) is 25.0 Å². The van der Waals surface area contributed by atoms with Gasteiger partial charge < -0.3 is 5.32 Å². The molecule has 0 saturated heterocycles. The van der Waals surface area contributed by atoms with Crippen LogP contribution in [0, 0.1) is 5.92 Å². The van der Waals surface area contributed by atoms with Crippen molar-refractivity contribution in [3.05, 3.63) is 29.8 Å². The number of carbonyl (C=O) groups excluding carboxylic acids is 2. The molecule has 2 N–H and O–H groups in total. The molecule has 0 atom stereocenters. The number of Topliss-reactive ketones (excluding diaryl/α,β-unsaturated/α-hetero) is 1. The van der Waals surface area contributed by atoms with Gasteiger partial charge in [0.15, 0.2) is 5.78 Å². The molecule has 6 nitrogen and oxygen atoms in total. The average molecular weight is 312 g/mol. The maximum absolute atomic E-state index is 12.0. The minimum absolute atomic E-state index is 0.0353. The van der Waals surface area contributed by atoms with Crippen LogP contribution in [0.15, 0.2) is 29.2 Å². The van der Waals surface area contributed by atoms with Crippen LogP contribution in [0.25, 0.3) is 0 Å². The average Bonchev–Trinajstić information content (AvgIpc) is 2.43. The molecule has 0 radical (unpaired) electrons. The number of sulfonamides is 1. The van der Waals surface area contributed by atoms with Crippen LogP contribution in [0.4, 0.5) is 0 Å². The molecule has 0 unspecified atom stereocenters. The Morgan fingerprint density at radius 1 is 1.24 bits per heavy atom. The van der Waals surface area contributed by atoms with E-state index in [1.54, 1.807) is 0 Å². The maximum Gasteiger partial charge on any atom is 0.241 e. The van der Waals surface area contributed by atoms with E-state index in [1.165, 1.54) is 31.2 Å². The van der Waals surface area contributed by atoms with Gasteiger partial charge in [-0.2, -0.15) is 0 Å². The third kappa shape index (κ3) is 5.65. The molecule has 1 amide bonds. The zero-order valence-corrected chi connectivity index (χ0v) is 13.2. The highest BCUT2D eigenvalue weighted by atomic mass is 32.2. The van der Waals surface area contributed by atoms with Crippen molar-refractivity contribution in [1.82, 2.24) is 10.0 Å². The Kier molecular flexibility index (Phi) is 6.04. The lowest BCUT2D eigenvalue weighted by atomic mass is 10.2. The van der Waals surface area contributed by atoms with Gasteiger partial charge in [0.2, 0.25) is 15.9 Å². The monoisotopic (exact) mass is 312 g/mol. The lowest BCUT2D eigenvalue weighted by Gasteiger charge is -2.09. The van der Waals surface area contributed by atoms with E-state index >= 15 is 0 Å². The summed E-state index contributed by atoms with van der Waals surface area (Å²) in [6.07, 6.45) is 0. The number of hydrogen-bond acceptors (Lipinski definition) is 4. The Labute approximate surface area is 125 Å². The minimum atomic E-state index is -3.81. The van der Waals surface area contributed by atoms with E-state index in [2.05, 4.69) is 10.0 Å². The summed E-state index contributed by atoms with van der Waals surface area (Å²) >= 11 is 0. The third-order valence-corrected chi connectivity index (χ3v) is 4.08. The number of hydrogen-bond donors (Lipinski definition) is 2. The SMILES string of the molecule is CC(=O)c1cccc(S(=O)(=O)NCC(=O)NCC(C)C)c1. The first-order valence-electron chi connectivity index (χ1n) is 6.59. The van der Waals surface area contributed by atoms with Gasteiger partial charge >= 0.3 is 0 Å². The molecular weight excluding hydrogens is 292 g/mol. The first kappa shape index (κ1) is 17.3. The smallest absolute Gasteiger partial charge is 0.241 e. The van der Waals surface area contributed by atoms with E-state index in [4.69, 9.17) is 0 Å². The van der Waals surface area contributed by atoms with Crippen molar-refractivity contribution in [3.63, 3.8) is 0 Å². The topological polar surface area (TPSA) is 92.3 Å². The van der Waals surface area contributed by atoms with Crippen molar-refractivity contribution in [2.75, 3.05) is 13.1 Å². The first-order valence-corrected chi connectivity index (χ1v) is 8.08. The van der Waals surface area contributed by atoms with Crippen LogP contribution in [0.1, 0.15) is 31.1 Å². The molecule has 0 aliphatic carbocycles. The van der Waals surface area contributed by atoms with Crippen molar-refractivity contribution < 1.29 is 18.0 Å². The summed E-state index contributed by atoms with van der Waals surface area (Å²) < 4.78 is 26.3. The van der Waals surface area contributed by atoms with Gasteiger partial charge in [0, 0.05) is 12.1 Å². The minimum Gasteiger partial charge on any atom is -0.355 e. The highest BCUT2D eigenvalue weighted by Crippen LogP contribution is 2.11. The van der Waals surface area contributed by atoms with Crippen molar-refractivity contribution in [3.8, 4) is 0 Å². The molecule has 1 rings (SSSR count). The van der Waals surface area contributed by atoms with Crippen LogP contribution in [-0.2, 0) is 14.8 Å². The van der Waals surface area contributed by atoms with E-state index < -0.39 is 15.9 Å². The molecule has 0 heterocycles. The van der Waals surface area contributed by atoms with Gasteiger partial charge in [-0.3, -0.25) is 9.59 Å². The standard InChI is InChI=1S/C14H20N2O4S/c1-10(2)8-15-14(18)9-16-21(19,20)13-6-4-5-12(7-13)11(3)17/h4-7,10,16H,8-9H2,1-3H3,(H,15,18). The van der Waals surface area contributed by atoms with Gasteiger partial charge in [0.05, 0.1) is 11.4 Å². The molecule has 0 saturated carbocycles. The first-order chi connectivity index (χ1) is 9.72. The number of rotatable bonds is 7. The van der Waals surface area contributed by atoms with Crippen LogP contribution in [0.2, 0.25) is 0 Å². The molecule has 0 aliphatic heterocycles. The number of ketones is 1. The summed E-state index contributed by atoms with van der Waals surface area (Å²) in [5.41, 5.74) is 0.308.